The minimum atomic E-state index is -0.219. The zero-order valence-electron chi connectivity index (χ0n) is 12.0. The van der Waals surface area contributed by atoms with Crippen molar-refractivity contribution in [1.82, 2.24) is 0 Å². The Morgan fingerprint density at radius 3 is 2.55 bits per heavy atom. The van der Waals surface area contributed by atoms with Gasteiger partial charge in [0.15, 0.2) is 0 Å². The number of anilines is 1. The molecule has 0 heterocycles. The summed E-state index contributed by atoms with van der Waals surface area (Å²) in [5.74, 6) is 0.677. The summed E-state index contributed by atoms with van der Waals surface area (Å²) in [5.41, 5.74) is 1.11. The van der Waals surface area contributed by atoms with Gasteiger partial charge in [0.25, 0.3) is 5.91 Å². The van der Waals surface area contributed by atoms with Crippen molar-refractivity contribution in [3.63, 3.8) is 0 Å². The number of hydrogen-bond acceptors (Lipinski definition) is 3. The van der Waals surface area contributed by atoms with Gasteiger partial charge in [-0.3, -0.25) is 4.79 Å². The molecule has 4 heteroatoms. The molecule has 0 atom stereocenters. The zero-order valence-corrected chi connectivity index (χ0v) is 12.0. The summed E-state index contributed by atoms with van der Waals surface area (Å²) >= 11 is 0. The Morgan fingerprint density at radius 1 is 1.00 bits per heavy atom. The van der Waals surface area contributed by atoms with Crippen LogP contribution in [-0.2, 0) is 0 Å². The van der Waals surface area contributed by atoms with Crippen molar-refractivity contribution < 1.29 is 14.6 Å². The lowest BCUT2D eigenvalue weighted by atomic mass is 10.1. The molecule has 0 saturated heterocycles. The first kappa shape index (κ1) is 13.9. The Balaban J connectivity index is 1.87. The highest BCUT2D eigenvalue weighted by atomic mass is 16.5. The first-order valence-corrected chi connectivity index (χ1v) is 6.84. The van der Waals surface area contributed by atoms with Gasteiger partial charge < -0.3 is 15.2 Å². The van der Waals surface area contributed by atoms with Crippen molar-refractivity contribution in [2.45, 2.75) is 0 Å². The smallest absolute Gasteiger partial charge is 0.255 e. The van der Waals surface area contributed by atoms with Gasteiger partial charge in [0.1, 0.15) is 11.5 Å². The number of phenolic OH excluding ortho intramolecular Hbond substituents is 1. The van der Waals surface area contributed by atoms with E-state index in [0.717, 1.165) is 16.5 Å². The molecule has 0 fully saturated rings. The maximum absolute atomic E-state index is 12.3. The van der Waals surface area contributed by atoms with Crippen molar-refractivity contribution in [1.29, 1.82) is 0 Å². The van der Waals surface area contributed by atoms with Crippen LogP contribution in [0.15, 0.2) is 60.7 Å². The first-order chi connectivity index (χ1) is 10.7. The Hall–Kier alpha value is -3.01. The number of phenols is 1. The van der Waals surface area contributed by atoms with Gasteiger partial charge in [0, 0.05) is 17.3 Å². The first-order valence-electron chi connectivity index (χ1n) is 6.84. The average Bonchev–Trinajstić information content (AvgIpc) is 2.53. The number of ether oxygens (including phenoxy) is 1. The van der Waals surface area contributed by atoms with Gasteiger partial charge in [-0.2, -0.15) is 0 Å². The molecule has 0 unspecified atom stereocenters. The maximum atomic E-state index is 12.3. The number of hydrogen-bond donors (Lipinski definition) is 2. The second-order valence-corrected chi connectivity index (χ2v) is 4.93. The van der Waals surface area contributed by atoms with Crippen LogP contribution in [0.1, 0.15) is 10.4 Å². The third-order valence-electron chi connectivity index (χ3n) is 3.41. The highest BCUT2D eigenvalue weighted by molar-refractivity contribution is 6.06. The van der Waals surface area contributed by atoms with E-state index in [4.69, 9.17) is 4.74 Å². The molecular weight excluding hydrogens is 278 g/mol. The number of methoxy groups -OCH3 is 1. The van der Waals surface area contributed by atoms with E-state index in [1.54, 1.807) is 31.4 Å². The number of fused-ring (bicyclic) bond motifs is 1. The summed E-state index contributed by atoms with van der Waals surface area (Å²) < 4.78 is 5.19. The van der Waals surface area contributed by atoms with Crippen molar-refractivity contribution in [3.8, 4) is 11.5 Å². The Labute approximate surface area is 128 Å². The molecule has 0 aliphatic rings. The van der Waals surface area contributed by atoms with Gasteiger partial charge in [-0.1, -0.05) is 18.2 Å². The van der Waals surface area contributed by atoms with E-state index < -0.39 is 0 Å². The average molecular weight is 293 g/mol. The second-order valence-electron chi connectivity index (χ2n) is 4.93. The molecule has 0 aliphatic carbocycles. The number of aromatic hydroxyl groups is 1. The normalized spacial score (nSPS) is 10.4. The van der Waals surface area contributed by atoms with Crippen LogP contribution < -0.4 is 10.1 Å². The van der Waals surface area contributed by atoms with E-state index in [1.807, 2.05) is 30.3 Å². The highest BCUT2D eigenvalue weighted by Crippen LogP contribution is 2.23. The van der Waals surface area contributed by atoms with Crippen LogP contribution in [0.2, 0.25) is 0 Å². The molecule has 3 aromatic rings. The fourth-order valence-corrected chi connectivity index (χ4v) is 2.28. The standard InChI is InChI=1S/C18H15NO3/c1-22-17-8-7-12-9-14(6-5-13(12)10-17)18(21)19-15-3-2-4-16(20)11-15/h2-11,20H,1H3,(H,19,21). The van der Waals surface area contributed by atoms with E-state index in [0.29, 0.717) is 11.3 Å². The minimum Gasteiger partial charge on any atom is -0.508 e. The third-order valence-corrected chi connectivity index (χ3v) is 3.41. The van der Waals surface area contributed by atoms with Gasteiger partial charge in [0.2, 0.25) is 0 Å². The molecular formula is C18H15NO3. The van der Waals surface area contributed by atoms with Crippen molar-refractivity contribution >= 4 is 22.4 Å². The third kappa shape index (κ3) is 2.86. The number of amides is 1. The van der Waals surface area contributed by atoms with Crippen molar-refractivity contribution in [2.24, 2.45) is 0 Å². The molecule has 0 aromatic heterocycles. The fourth-order valence-electron chi connectivity index (χ4n) is 2.28. The van der Waals surface area contributed by atoms with E-state index >= 15 is 0 Å². The molecule has 1 amide bonds. The summed E-state index contributed by atoms with van der Waals surface area (Å²) in [7, 11) is 1.62. The van der Waals surface area contributed by atoms with E-state index in [9.17, 15) is 9.90 Å². The predicted molar refractivity (Wildman–Crippen MR) is 86.6 cm³/mol. The van der Waals surface area contributed by atoms with E-state index in [-0.39, 0.29) is 11.7 Å². The fraction of sp³-hybridized carbons (Fsp3) is 0.0556. The lowest BCUT2D eigenvalue weighted by Gasteiger charge is -2.07. The van der Waals surface area contributed by atoms with E-state index in [2.05, 4.69) is 5.32 Å². The molecule has 110 valence electrons. The van der Waals surface area contributed by atoms with Crippen LogP contribution in [-0.4, -0.2) is 18.1 Å². The molecule has 4 nitrogen and oxygen atoms in total. The Bertz CT molecular complexity index is 843. The topological polar surface area (TPSA) is 58.6 Å². The summed E-state index contributed by atoms with van der Waals surface area (Å²) in [6.07, 6.45) is 0. The Morgan fingerprint density at radius 2 is 1.77 bits per heavy atom. The summed E-state index contributed by atoms with van der Waals surface area (Å²) in [5, 5.41) is 14.2. The monoisotopic (exact) mass is 293 g/mol. The molecule has 0 radical (unpaired) electrons. The molecule has 0 bridgehead atoms. The lowest BCUT2D eigenvalue weighted by molar-refractivity contribution is 0.102. The van der Waals surface area contributed by atoms with Gasteiger partial charge >= 0.3 is 0 Å². The lowest BCUT2D eigenvalue weighted by Crippen LogP contribution is -2.11. The number of benzene rings is 3. The zero-order chi connectivity index (χ0) is 15.5. The SMILES string of the molecule is COc1ccc2cc(C(=O)Nc3cccc(O)c3)ccc2c1. The highest BCUT2D eigenvalue weighted by Gasteiger charge is 2.08. The molecule has 3 aromatic carbocycles. The Kier molecular flexibility index (Phi) is 3.66. The summed E-state index contributed by atoms with van der Waals surface area (Å²) in [6, 6.07) is 17.6. The molecule has 0 aliphatic heterocycles. The maximum Gasteiger partial charge on any atom is 0.255 e. The molecule has 2 N–H and O–H groups in total. The number of nitrogens with one attached hydrogen (secondary N) is 1. The minimum absolute atomic E-state index is 0.114. The molecule has 3 rings (SSSR count). The summed E-state index contributed by atoms with van der Waals surface area (Å²) in [6.45, 7) is 0. The molecule has 0 saturated carbocycles. The number of carbonyl (C=O) groups is 1. The van der Waals surface area contributed by atoms with Crippen molar-refractivity contribution in [3.05, 3.63) is 66.2 Å². The van der Waals surface area contributed by atoms with Crippen LogP contribution in [0.25, 0.3) is 10.8 Å². The second kappa shape index (κ2) is 5.77. The van der Waals surface area contributed by atoms with Crippen LogP contribution in [0.3, 0.4) is 0 Å². The van der Waals surface area contributed by atoms with Gasteiger partial charge in [-0.15, -0.1) is 0 Å². The van der Waals surface area contributed by atoms with Gasteiger partial charge in [0.05, 0.1) is 7.11 Å². The van der Waals surface area contributed by atoms with E-state index in [1.165, 1.54) is 6.07 Å². The van der Waals surface area contributed by atoms with Gasteiger partial charge in [-0.25, -0.2) is 0 Å². The van der Waals surface area contributed by atoms with Crippen LogP contribution in [0, 0.1) is 0 Å². The largest absolute Gasteiger partial charge is 0.508 e. The quantitative estimate of drug-likeness (QED) is 0.772. The summed E-state index contributed by atoms with van der Waals surface area (Å²) in [4.78, 5) is 12.3. The van der Waals surface area contributed by atoms with Gasteiger partial charge in [-0.05, 0) is 47.2 Å². The van der Waals surface area contributed by atoms with Crippen LogP contribution >= 0.6 is 0 Å². The predicted octanol–water partition coefficient (Wildman–Crippen LogP) is 3.81. The number of rotatable bonds is 3. The molecule has 22 heavy (non-hydrogen) atoms. The van der Waals surface area contributed by atoms with Crippen molar-refractivity contribution in [2.75, 3.05) is 12.4 Å². The van der Waals surface area contributed by atoms with Crippen LogP contribution in [0.5, 0.6) is 11.5 Å². The van der Waals surface area contributed by atoms with Crippen LogP contribution in [0.4, 0.5) is 5.69 Å². The number of carbonyl (C=O) groups excluding carboxylic acids is 1. The molecule has 0 spiro atoms.